The molecular formula is C56H76N16O9. The van der Waals surface area contributed by atoms with Gasteiger partial charge in [-0.1, -0.05) is 78.9 Å². The molecule has 25 nitrogen and oxygen atoms in total. The molecule has 81 heavy (non-hydrogen) atoms. The van der Waals surface area contributed by atoms with Crippen molar-refractivity contribution in [1.29, 1.82) is 0 Å². The Morgan fingerprint density at radius 1 is 0.691 bits per heavy atom. The number of H-pyrrole nitrogens is 1. The second-order valence-corrected chi connectivity index (χ2v) is 20.5. The molecule has 3 heterocycles. The maximum Gasteiger partial charge on any atom is 0.246 e. The minimum atomic E-state index is -1.58. The number of rotatable bonds is 18. The van der Waals surface area contributed by atoms with Crippen LogP contribution in [0.15, 0.2) is 101 Å². The number of primary amides is 1. The monoisotopic (exact) mass is 1120 g/mol. The van der Waals surface area contributed by atoms with E-state index in [0.29, 0.717) is 17.5 Å². The lowest BCUT2D eigenvalue weighted by Crippen LogP contribution is -2.60. The van der Waals surface area contributed by atoms with Crippen molar-refractivity contribution in [3.63, 3.8) is 0 Å². The number of hydrogen-bond donors (Lipinski definition) is 13. The summed E-state index contributed by atoms with van der Waals surface area (Å²) in [7, 11) is 0. The van der Waals surface area contributed by atoms with Crippen LogP contribution in [0.25, 0.3) is 10.9 Å². The number of nitrogens with two attached hydrogens (primary N) is 5. The van der Waals surface area contributed by atoms with Crippen molar-refractivity contribution in [3.8, 4) is 0 Å². The van der Waals surface area contributed by atoms with Crippen LogP contribution < -0.4 is 65.9 Å². The number of aromatic amines is 1. The molecule has 2 aliphatic rings. The van der Waals surface area contributed by atoms with Crippen molar-refractivity contribution in [3.05, 3.63) is 108 Å². The van der Waals surface area contributed by atoms with Gasteiger partial charge in [0.05, 0.1) is 6.42 Å². The van der Waals surface area contributed by atoms with E-state index in [1.165, 1.54) is 11.8 Å². The molecule has 434 valence electrons. The summed E-state index contributed by atoms with van der Waals surface area (Å²) < 4.78 is 0. The molecule has 25 heteroatoms. The molecule has 3 aromatic carbocycles. The van der Waals surface area contributed by atoms with Crippen LogP contribution in [0.5, 0.6) is 0 Å². The third-order valence-electron chi connectivity index (χ3n) is 14.1. The third-order valence-corrected chi connectivity index (χ3v) is 14.1. The fraction of sp³-hybridized carbons (Fsp3) is 0.446. The molecule has 0 bridgehead atoms. The van der Waals surface area contributed by atoms with Crippen LogP contribution in [-0.2, 0) is 62.4 Å². The molecule has 0 aliphatic carbocycles. The van der Waals surface area contributed by atoms with E-state index >= 15 is 9.59 Å². The Bertz CT molecular complexity index is 2890. The van der Waals surface area contributed by atoms with E-state index in [-0.39, 0.29) is 108 Å². The standard InChI is InChI=1S/C56H76N16O9/c1-33(73)66-41(21-12-24-63-55(58)59)49(76)71-45-30-47(74)62-23-11-10-20-40(48(57)75)67-52(79)44(29-37-31-65-39-19-9-8-18-38(37)39)69-50(77)42(22-13-25-64-56(60)61)68-51(78)43(27-35-16-6-3-7-17-35)70-53(80)46-28-36(32-72(46)54(45)81)26-34-14-4-2-5-15-34/h2-9,14-19,31,36,40-46,65H,10-13,20-30,32H2,1H3,(H2,57,75)(H,62,74)(H,66,73)(H,67,79)(H,68,78)(H,69,77)(H,70,80)(H,71,76)(H4,58,59,63)(H4,60,61,64)/t36-,40+,41-,42+,43-,44+,45+,46+/m1/s1. The van der Waals surface area contributed by atoms with Crippen molar-refractivity contribution in [2.24, 2.45) is 44.6 Å². The third kappa shape index (κ3) is 19.1. The second-order valence-electron chi connectivity index (χ2n) is 20.5. The maximum absolute atomic E-state index is 15.2. The van der Waals surface area contributed by atoms with Crippen molar-refractivity contribution in [2.75, 3.05) is 26.2 Å². The minimum Gasteiger partial charge on any atom is -0.370 e. The van der Waals surface area contributed by atoms with Crippen molar-refractivity contribution in [2.45, 2.75) is 126 Å². The molecule has 9 amide bonds. The van der Waals surface area contributed by atoms with E-state index in [4.69, 9.17) is 28.7 Å². The largest absolute Gasteiger partial charge is 0.370 e. The van der Waals surface area contributed by atoms with Crippen LogP contribution in [0.3, 0.4) is 0 Å². The van der Waals surface area contributed by atoms with E-state index in [1.807, 2.05) is 54.6 Å². The van der Waals surface area contributed by atoms with Crippen LogP contribution in [0.4, 0.5) is 0 Å². The molecule has 0 unspecified atom stereocenters. The second kappa shape index (κ2) is 30.4. The molecule has 2 aliphatic heterocycles. The van der Waals surface area contributed by atoms with Gasteiger partial charge < -0.3 is 75.8 Å². The number of benzene rings is 3. The van der Waals surface area contributed by atoms with Gasteiger partial charge in [-0.3, -0.25) is 53.1 Å². The Morgan fingerprint density at radius 3 is 1.95 bits per heavy atom. The highest BCUT2D eigenvalue weighted by Gasteiger charge is 2.44. The lowest BCUT2D eigenvalue weighted by molar-refractivity contribution is -0.143. The van der Waals surface area contributed by atoms with Crippen LogP contribution in [0.1, 0.15) is 81.4 Å². The van der Waals surface area contributed by atoms with Gasteiger partial charge in [-0.2, -0.15) is 0 Å². The molecule has 1 aromatic heterocycles. The Balaban J connectivity index is 1.40. The molecule has 8 atom stereocenters. The van der Waals surface area contributed by atoms with E-state index in [1.54, 1.807) is 36.5 Å². The summed E-state index contributed by atoms with van der Waals surface area (Å²) in [6.07, 6.45) is 2.51. The zero-order valence-electron chi connectivity index (χ0n) is 45.5. The first-order valence-corrected chi connectivity index (χ1v) is 27.2. The number of carbonyl (C=O) groups excluding carboxylic acids is 9. The number of hydrogen-bond acceptors (Lipinski definition) is 11. The average Bonchev–Trinajstić information content (AvgIpc) is 4.20. The van der Waals surface area contributed by atoms with Gasteiger partial charge in [-0.15, -0.1) is 0 Å². The smallest absolute Gasteiger partial charge is 0.246 e. The average molecular weight is 1120 g/mol. The number of aromatic nitrogens is 1. The number of guanidine groups is 2. The van der Waals surface area contributed by atoms with Gasteiger partial charge in [0.25, 0.3) is 0 Å². The fourth-order valence-electron chi connectivity index (χ4n) is 10.1. The van der Waals surface area contributed by atoms with Gasteiger partial charge in [0.1, 0.15) is 42.3 Å². The van der Waals surface area contributed by atoms with Crippen molar-refractivity contribution >= 4 is 76.0 Å². The maximum atomic E-state index is 15.2. The molecule has 0 spiro atoms. The topological polar surface area (TPSA) is 412 Å². The van der Waals surface area contributed by atoms with Gasteiger partial charge in [0.2, 0.25) is 53.2 Å². The van der Waals surface area contributed by atoms with Crippen LogP contribution >= 0.6 is 0 Å². The van der Waals surface area contributed by atoms with Crippen molar-refractivity contribution < 1.29 is 43.2 Å². The van der Waals surface area contributed by atoms with Gasteiger partial charge in [-0.25, -0.2) is 0 Å². The van der Waals surface area contributed by atoms with E-state index in [2.05, 4.69) is 52.2 Å². The molecule has 0 radical (unpaired) electrons. The Morgan fingerprint density at radius 2 is 1.28 bits per heavy atom. The van der Waals surface area contributed by atoms with E-state index in [0.717, 1.165) is 16.5 Å². The van der Waals surface area contributed by atoms with Gasteiger partial charge in [-0.05, 0) is 86.5 Å². The lowest BCUT2D eigenvalue weighted by atomic mass is 9.96. The number of amides is 9. The van der Waals surface area contributed by atoms with Crippen molar-refractivity contribution in [1.82, 2.24) is 47.1 Å². The summed E-state index contributed by atoms with van der Waals surface area (Å²) in [6, 6.07) is 16.3. The first-order chi connectivity index (χ1) is 38.8. The first kappa shape index (κ1) is 61.2. The summed E-state index contributed by atoms with van der Waals surface area (Å²) in [5, 5.41) is 20.1. The number of nitrogens with zero attached hydrogens (tertiary/aromatic N) is 3. The molecule has 6 rings (SSSR count). The molecular weight excluding hydrogens is 1040 g/mol. The van der Waals surface area contributed by atoms with E-state index in [9.17, 15) is 33.6 Å². The number of fused-ring (bicyclic) bond motifs is 2. The summed E-state index contributed by atoms with van der Waals surface area (Å²) in [5.41, 5.74) is 31.1. The molecule has 2 fully saturated rings. The number of nitrogens with one attached hydrogen (secondary N) is 8. The predicted molar refractivity (Wildman–Crippen MR) is 304 cm³/mol. The Hall–Kier alpha value is -9.03. The highest BCUT2D eigenvalue weighted by Crippen LogP contribution is 2.29. The molecule has 0 saturated carbocycles. The summed E-state index contributed by atoms with van der Waals surface area (Å²) >= 11 is 0. The number of para-hydroxylation sites is 1. The first-order valence-electron chi connectivity index (χ1n) is 27.2. The van der Waals surface area contributed by atoms with E-state index < -0.39 is 102 Å². The zero-order chi connectivity index (χ0) is 58.4. The van der Waals surface area contributed by atoms with Gasteiger partial charge >= 0.3 is 0 Å². The summed E-state index contributed by atoms with van der Waals surface area (Å²) in [5.74, 6) is -7.36. The lowest BCUT2D eigenvalue weighted by Gasteiger charge is -2.31. The highest BCUT2D eigenvalue weighted by atomic mass is 16.2. The molecule has 18 N–H and O–H groups in total. The highest BCUT2D eigenvalue weighted by molar-refractivity contribution is 5.99. The van der Waals surface area contributed by atoms with Gasteiger partial charge in [0, 0.05) is 63.0 Å². The summed E-state index contributed by atoms with van der Waals surface area (Å²) in [4.78, 5) is 140. The Labute approximate surface area is 469 Å². The fourth-order valence-corrected chi connectivity index (χ4v) is 10.1. The quantitative estimate of drug-likeness (QED) is 0.0311. The SMILES string of the molecule is CC(=O)N[C@H](CCCN=C(N)N)C(=O)N[C@H]1CC(=O)NCCCC[C@@H](C(N)=O)NC(=O)[C@H](Cc2c[nH]c3ccccc23)NC(=O)[C@H](CCCN=C(N)N)NC(=O)[C@@H](Cc2ccccc2)NC(=O)[C@@H]2C[C@@H](Cc3ccccc3)CN2C1=O. The zero-order valence-corrected chi connectivity index (χ0v) is 45.5. The normalized spacial score (nSPS) is 22.1. The molecule has 4 aromatic rings. The number of carbonyl (C=O) groups is 9. The minimum absolute atomic E-state index is 0.00847. The van der Waals surface area contributed by atoms with Gasteiger partial charge in [0.15, 0.2) is 11.9 Å². The Kier molecular flexibility index (Phi) is 22.9. The van der Waals surface area contributed by atoms with Crippen LogP contribution in [0, 0.1) is 5.92 Å². The van der Waals surface area contributed by atoms with Crippen LogP contribution in [-0.4, -0.2) is 143 Å². The number of aliphatic imine (C=N–C) groups is 2. The molecule has 2 saturated heterocycles. The predicted octanol–water partition coefficient (Wildman–Crippen LogP) is -1.38. The summed E-state index contributed by atoms with van der Waals surface area (Å²) in [6.45, 7) is 1.46. The van der Waals surface area contributed by atoms with Crippen LogP contribution in [0.2, 0.25) is 0 Å².